The average Bonchev–Trinajstić information content (AvgIpc) is 2.72. The third-order valence-electron chi connectivity index (χ3n) is 5.40. The Kier molecular flexibility index (Phi) is 10.5. The van der Waals surface area contributed by atoms with Crippen LogP contribution in [-0.2, 0) is 9.47 Å². The molecule has 0 spiro atoms. The summed E-state index contributed by atoms with van der Waals surface area (Å²) in [6.45, 7) is 8.33. The summed E-state index contributed by atoms with van der Waals surface area (Å²) in [6.07, 6.45) is 3.59. The number of guanidine groups is 1. The molecule has 0 amide bonds. The van der Waals surface area contributed by atoms with Crippen LogP contribution in [0.15, 0.2) is 29.3 Å². The fraction of sp³-hybridized carbons (Fsp3) is 0.696. The van der Waals surface area contributed by atoms with Gasteiger partial charge in [-0.05, 0) is 52.8 Å². The zero-order valence-corrected chi connectivity index (χ0v) is 18.9. The summed E-state index contributed by atoms with van der Waals surface area (Å²) in [7, 11) is 6.00. The fourth-order valence-corrected chi connectivity index (χ4v) is 3.72. The standard InChI is InChI=1S/C23H40N4O2/c1-6-28-21(13-14-27(4)5)17-26-23(24-3)25-16-20-8-7-15-29-22(20)19-11-9-18(2)10-12-19/h9-12,20-22H,6-8,13-17H2,1-5H3,(H2,24,25,26). The Balaban J connectivity index is 1.86. The maximum absolute atomic E-state index is 6.14. The molecule has 3 unspecified atom stereocenters. The molecule has 0 aliphatic carbocycles. The summed E-state index contributed by atoms with van der Waals surface area (Å²) in [5, 5.41) is 6.94. The molecule has 0 aromatic heterocycles. The molecule has 0 saturated carbocycles. The van der Waals surface area contributed by atoms with Crippen molar-refractivity contribution in [2.75, 3.05) is 54.0 Å². The molecule has 1 aliphatic rings. The maximum atomic E-state index is 6.14. The lowest BCUT2D eigenvalue weighted by atomic mass is 9.89. The molecular formula is C23H40N4O2. The van der Waals surface area contributed by atoms with Crippen molar-refractivity contribution in [1.29, 1.82) is 0 Å². The van der Waals surface area contributed by atoms with Gasteiger partial charge in [0, 0.05) is 45.8 Å². The molecule has 1 aromatic carbocycles. The second-order valence-corrected chi connectivity index (χ2v) is 8.11. The molecule has 0 radical (unpaired) electrons. The SMILES string of the molecule is CCOC(CCN(C)C)CNC(=NC)NCC1CCCOC1c1ccc(C)cc1. The van der Waals surface area contributed by atoms with Crippen LogP contribution in [0, 0.1) is 12.8 Å². The molecule has 1 aromatic rings. The van der Waals surface area contributed by atoms with E-state index in [2.05, 4.69) is 65.8 Å². The molecule has 6 nitrogen and oxygen atoms in total. The lowest BCUT2D eigenvalue weighted by Gasteiger charge is -2.33. The van der Waals surface area contributed by atoms with E-state index in [1.54, 1.807) is 0 Å². The van der Waals surface area contributed by atoms with Crippen molar-refractivity contribution in [3.05, 3.63) is 35.4 Å². The van der Waals surface area contributed by atoms with Crippen molar-refractivity contribution in [3.8, 4) is 0 Å². The molecule has 1 aliphatic heterocycles. The molecule has 2 rings (SSSR count). The van der Waals surface area contributed by atoms with Crippen molar-refractivity contribution in [2.45, 2.75) is 45.3 Å². The number of hydrogen-bond acceptors (Lipinski definition) is 4. The van der Waals surface area contributed by atoms with Crippen LogP contribution in [0.1, 0.15) is 43.4 Å². The van der Waals surface area contributed by atoms with E-state index in [4.69, 9.17) is 9.47 Å². The summed E-state index contributed by atoms with van der Waals surface area (Å²) in [4.78, 5) is 6.58. The van der Waals surface area contributed by atoms with E-state index in [9.17, 15) is 0 Å². The second-order valence-electron chi connectivity index (χ2n) is 8.11. The average molecular weight is 405 g/mol. The highest BCUT2D eigenvalue weighted by atomic mass is 16.5. The van der Waals surface area contributed by atoms with Crippen molar-refractivity contribution >= 4 is 5.96 Å². The van der Waals surface area contributed by atoms with Crippen LogP contribution in [0.25, 0.3) is 0 Å². The molecule has 1 saturated heterocycles. The van der Waals surface area contributed by atoms with Gasteiger partial charge in [0.15, 0.2) is 5.96 Å². The van der Waals surface area contributed by atoms with Gasteiger partial charge in [0.1, 0.15) is 0 Å². The summed E-state index contributed by atoms with van der Waals surface area (Å²) in [5.41, 5.74) is 2.55. The number of nitrogens with zero attached hydrogens (tertiary/aromatic N) is 2. The third-order valence-corrected chi connectivity index (χ3v) is 5.40. The zero-order chi connectivity index (χ0) is 21.1. The van der Waals surface area contributed by atoms with E-state index in [1.807, 2.05) is 14.0 Å². The smallest absolute Gasteiger partial charge is 0.191 e. The summed E-state index contributed by atoms with van der Waals surface area (Å²) < 4.78 is 12.0. The summed E-state index contributed by atoms with van der Waals surface area (Å²) in [6, 6.07) is 8.73. The predicted molar refractivity (Wildman–Crippen MR) is 121 cm³/mol. The maximum Gasteiger partial charge on any atom is 0.191 e. The molecular weight excluding hydrogens is 364 g/mol. The lowest BCUT2D eigenvalue weighted by Crippen LogP contribution is -2.45. The second kappa shape index (κ2) is 12.8. The van der Waals surface area contributed by atoms with Gasteiger partial charge < -0.3 is 25.0 Å². The van der Waals surface area contributed by atoms with Gasteiger partial charge in [-0.3, -0.25) is 4.99 Å². The Hall–Kier alpha value is -1.63. The van der Waals surface area contributed by atoms with Gasteiger partial charge in [-0.15, -0.1) is 0 Å². The van der Waals surface area contributed by atoms with Gasteiger partial charge >= 0.3 is 0 Å². The minimum absolute atomic E-state index is 0.145. The highest BCUT2D eigenvalue weighted by Gasteiger charge is 2.27. The number of benzene rings is 1. The van der Waals surface area contributed by atoms with Gasteiger partial charge in [0.25, 0.3) is 0 Å². The van der Waals surface area contributed by atoms with Gasteiger partial charge in [0.2, 0.25) is 0 Å². The van der Waals surface area contributed by atoms with Crippen molar-refractivity contribution < 1.29 is 9.47 Å². The van der Waals surface area contributed by atoms with Crippen LogP contribution in [0.3, 0.4) is 0 Å². The number of nitrogens with one attached hydrogen (secondary N) is 2. The number of rotatable bonds is 10. The van der Waals surface area contributed by atoms with E-state index < -0.39 is 0 Å². The van der Waals surface area contributed by atoms with Crippen LogP contribution in [0.2, 0.25) is 0 Å². The van der Waals surface area contributed by atoms with E-state index in [-0.39, 0.29) is 12.2 Å². The van der Waals surface area contributed by atoms with Crippen LogP contribution in [-0.4, -0.2) is 71.0 Å². The number of aryl methyl sites for hydroxylation is 1. The molecule has 0 bridgehead atoms. The van der Waals surface area contributed by atoms with Crippen LogP contribution in [0.5, 0.6) is 0 Å². The highest BCUT2D eigenvalue weighted by molar-refractivity contribution is 5.79. The first-order chi connectivity index (χ1) is 14.0. The van der Waals surface area contributed by atoms with Crippen molar-refractivity contribution in [1.82, 2.24) is 15.5 Å². The first kappa shape index (κ1) is 23.6. The minimum atomic E-state index is 0.145. The number of aliphatic imine (C=N–C) groups is 1. The van der Waals surface area contributed by atoms with Gasteiger partial charge in [-0.25, -0.2) is 0 Å². The van der Waals surface area contributed by atoms with Gasteiger partial charge in [-0.2, -0.15) is 0 Å². The Morgan fingerprint density at radius 3 is 2.69 bits per heavy atom. The van der Waals surface area contributed by atoms with E-state index in [1.165, 1.54) is 11.1 Å². The van der Waals surface area contributed by atoms with Crippen molar-refractivity contribution in [2.24, 2.45) is 10.9 Å². The molecule has 164 valence electrons. The Bertz CT molecular complexity index is 603. The molecule has 29 heavy (non-hydrogen) atoms. The van der Waals surface area contributed by atoms with E-state index in [0.29, 0.717) is 5.92 Å². The fourth-order valence-electron chi connectivity index (χ4n) is 3.72. The Morgan fingerprint density at radius 1 is 1.28 bits per heavy atom. The normalized spacial score (nSPS) is 21.2. The molecule has 3 atom stereocenters. The van der Waals surface area contributed by atoms with Crippen molar-refractivity contribution in [3.63, 3.8) is 0 Å². The first-order valence-electron chi connectivity index (χ1n) is 10.9. The van der Waals surface area contributed by atoms with Gasteiger partial charge in [0.05, 0.1) is 12.2 Å². The van der Waals surface area contributed by atoms with Crippen LogP contribution in [0.4, 0.5) is 0 Å². The highest BCUT2D eigenvalue weighted by Crippen LogP contribution is 2.33. The molecule has 1 fully saturated rings. The minimum Gasteiger partial charge on any atom is -0.377 e. The summed E-state index contributed by atoms with van der Waals surface area (Å²) >= 11 is 0. The third kappa shape index (κ3) is 8.33. The van der Waals surface area contributed by atoms with Gasteiger partial charge in [-0.1, -0.05) is 29.8 Å². The number of hydrogen-bond donors (Lipinski definition) is 2. The first-order valence-corrected chi connectivity index (χ1v) is 10.9. The quantitative estimate of drug-likeness (QED) is 0.464. The van der Waals surface area contributed by atoms with Crippen LogP contribution >= 0.6 is 0 Å². The monoisotopic (exact) mass is 404 g/mol. The molecule has 6 heteroatoms. The predicted octanol–water partition coefficient (Wildman–Crippen LogP) is 2.98. The topological polar surface area (TPSA) is 58.1 Å². The van der Waals surface area contributed by atoms with E-state index >= 15 is 0 Å². The largest absolute Gasteiger partial charge is 0.377 e. The van der Waals surface area contributed by atoms with Crippen LogP contribution < -0.4 is 10.6 Å². The zero-order valence-electron chi connectivity index (χ0n) is 18.9. The number of ether oxygens (including phenoxy) is 2. The molecule has 1 heterocycles. The lowest BCUT2D eigenvalue weighted by molar-refractivity contribution is -0.0265. The summed E-state index contributed by atoms with van der Waals surface area (Å²) in [5.74, 6) is 1.26. The van der Waals surface area contributed by atoms with E-state index in [0.717, 1.165) is 58.1 Å². The Labute approximate surface area is 177 Å². The Morgan fingerprint density at radius 2 is 2.03 bits per heavy atom. The molecule has 2 N–H and O–H groups in total.